The van der Waals surface area contributed by atoms with Crippen molar-refractivity contribution >= 4 is 23.2 Å². The zero-order chi connectivity index (χ0) is 9.76. The molecular formula is C11H11Cl2N. The molecule has 1 aromatic rings. The molecule has 0 radical (unpaired) electrons. The fourth-order valence-electron chi connectivity index (χ4n) is 2.60. The van der Waals surface area contributed by atoms with E-state index in [9.17, 15) is 0 Å². The molecule has 1 aliphatic heterocycles. The Bertz CT molecular complexity index is 391. The molecule has 14 heavy (non-hydrogen) atoms. The van der Waals surface area contributed by atoms with Gasteiger partial charge in [-0.1, -0.05) is 29.3 Å². The van der Waals surface area contributed by atoms with Crippen LogP contribution in [0, 0.1) is 5.92 Å². The third kappa shape index (κ3) is 1.13. The molecule has 0 bridgehead atoms. The Balaban J connectivity index is 2.01. The average molecular weight is 228 g/mol. The molecule has 74 valence electrons. The number of hydrogen-bond acceptors (Lipinski definition) is 1. The largest absolute Gasteiger partial charge is 0.316 e. The van der Waals surface area contributed by atoms with Gasteiger partial charge in [-0.25, -0.2) is 0 Å². The zero-order valence-electron chi connectivity index (χ0n) is 7.69. The van der Waals surface area contributed by atoms with Crippen LogP contribution in [0.1, 0.15) is 12.0 Å². The van der Waals surface area contributed by atoms with E-state index in [1.165, 1.54) is 12.0 Å². The third-order valence-electron chi connectivity index (χ3n) is 3.56. The summed E-state index contributed by atoms with van der Waals surface area (Å²) in [6.45, 7) is 2.25. The summed E-state index contributed by atoms with van der Waals surface area (Å²) in [5, 5.41) is 4.74. The van der Waals surface area contributed by atoms with E-state index in [1.54, 1.807) is 0 Å². The summed E-state index contributed by atoms with van der Waals surface area (Å²) in [5.74, 6) is 0.819. The van der Waals surface area contributed by atoms with E-state index in [4.69, 9.17) is 23.2 Å². The van der Waals surface area contributed by atoms with E-state index in [2.05, 4.69) is 11.4 Å². The lowest BCUT2D eigenvalue weighted by atomic mass is 9.95. The molecule has 1 heterocycles. The van der Waals surface area contributed by atoms with Crippen molar-refractivity contribution in [1.29, 1.82) is 0 Å². The fourth-order valence-corrected chi connectivity index (χ4v) is 2.89. The van der Waals surface area contributed by atoms with E-state index in [-0.39, 0.29) is 0 Å². The molecule has 3 rings (SSSR count). The number of nitrogens with one attached hydrogen (secondary N) is 1. The number of fused-ring (bicyclic) bond motifs is 1. The number of rotatable bonds is 1. The third-order valence-corrected chi connectivity index (χ3v) is 4.30. The van der Waals surface area contributed by atoms with Crippen LogP contribution in [0.3, 0.4) is 0 Å². The Hall–Kier alpha value is -0.240. The number of piperidine rings is 1. The van der Waals surface area contributed by atoms with E-state index < -0.39 is 0 Å². The summed E-state index contributed by atoms with van der Waals surface area (Å²) in [6.07, 6.45) is 1.30. The topological polar surface area (TPSA) is 12.0 Å². The van der Waals surface area contributed by atoms with E-state index in [1.807, 2.05) is 12.1 Å². The standard InChI is InChI=1S/C11H11Cl2N/c12-9-2-1-7(3-10(9)13)11-4-8(11)5-14-6-11/h1-3,8,14H,4-6H2/t8?,11-/m0/s1. The minimum absolute atomic E-state index is 0.383. The van der Waals surface area contributed by atoms with Gasteiger partial charge in [0.05, 0.1) is 10.0 Å². The van der Waals surface area contributed by atoms with Crippen molar-refractivity contribution in [3.63, 3.8) is 0 Å². The van der Waals surface area contributed by atoms with Crippen molar-refractivity contribution < 1.29 is 0 Å². The Kier molecular flexibility index (Phi) is 1.85. The number of halogens is 2. The molecule has 0 aromatic heterocycles. The molecule has 1 unspecified atom stereocenters. The number of hydrogen-bond donors (Lipinski definition) is 1. The van der Waals surface area contributed by atoms with Crippen molar-refractivity contribution in [2.24, 2.45) is 5.92 Å². The molecule has 1 N–H and O–H groups in total. The maximum atomic E-state index is 6.02. The van der Waals surface area contributed by atoms with Crippen molar-refractivity contribution in [1.82, 2.24) is 5.32 Å². The summed E-state index contributed by atoms with van der Waals surface area (Å²) in [5.41, 5.74) is 1.73. The van der Waals surface area contributed by atoms with Gasteiger partial charge in [0.1, 0.15) is 0 Å². The first-order valence-electron chi connectivity index (χ1n) is 4.89. The first-order chi connectivity index (χ1) is 6.72. The molecule has 0 amide bonds. The van der Waals surface area contributed by atoms with Gasteiger partial charge in [-0.05, 0) is 36.6 Å². The SMILES string of the molecule is Clc1ccc([C@]23CNCC2C3)cc1Cl. The van der Waals surface area contributed by atoms with Crippen molar-refractivity contribution in [2.75, 3.05) is 13.1 Å². The highest BCUT2D eigenvalue weighted by atomic mass is 35.5. The van der Waals surface area contributed by atoms with Crippen LogP contribution in [0.4, 0.5) is 0 Å². The van der Waals surface area contributed by atoms with E-state index in [0.29, 0.717) is 15.5 Å². The average Bonchev–Trinajstić information content (AvgIpc) is 2.75. The minimum Gasteiger partial charge on any atom is -0.316 e. The predicted octanol–water partition coefficient (Wildman–Crippen LogP) is 2.85. The van der Waals surface area contributed by atoms with Gasteiger partial charge in [-0.2, -0.15) is 0 Å². The van der Waals surface area contributed by atoms with Gasteiger partial charge in [0, 0.05) is 12.0 Å². The molecule has 1 saturated heterocycles. The fraction of sp³-hybridized carbons (Fsp3) is 0.455. The summed E-state index contributed by atoms with van der Waals surface area (Å²) in [6, 6.07) is 6.04. The van der Waals surface area contributed by atoms with Crippen LogP contribution in [0.5, 0.6) is 0 Å². The van der Waals surface area contributed by atoms with Crippen LogP contribution in [0.2, 0.25) is 10.0 Å². The van der Waals surface area contributed by atoms with Gasteiger partial charge >= 0.3 is 0 Å². The van der Waals surface area contributed by atoms with Crippen molar-refractivity contribution in [3.8, 4) is 0 Å². The van der Waals surface area contributed by atoms with E-state index >= 15 is 0 Å². The predicted molar refractivity (Wildman–Crippen MR) is 59.1 cm³/mol. The van der Waals surface area contributed by atoms with Gasteiger partial charge in [0.15, 0.2) is 0 Å². The maximum absolute atomic E-state index is 6.02. The summed E-state index contributed by atoms with van der Waals surface area (Å²) < 4.78 is 0. The Labute approximate surface area is 93.4 Å². The summed E-state index contributed by atoms with van der Waals surface area (Å²) in [4.78, 5) is 0. The van der Waals surface area contributed by atoms with E-state index in [0.717, 1.165) is 19.0 Å². The van der Waals surface area contributed by atoms with Crippen LogP contribution in [0.25, 0.3) is 0 Å². The molecule has 2 aliphatic rings. The Morgan fingerprint density at radius 1 is 1.29 bits per heavy atom. The zero-order valence-corrected chi connectivity index (χ0v) is 9.20. The highest BCUT2D eigenvalue weighted by Gasteiger charge is 2.57. The highest BCUT2D eigenvalue weighted by molar-refractivity contribution is 6.42. The number of benzene rings is 1. The molecule has 0 spiro atoms. The van der Waals surface area contributed by atoms with Crippen LogP contribution in [-0.2, 0) is 5.41 Å². The molecule has 3 heteroatoms. The molecule has 2 atom stereocenters. The second-order valence-electron chi connectivity index (χ2n) is 4.32. The molecule has 2 fully saturated rings. The lowest BCUT2D eigenvalue weighted by molar-refractivity contribution is 0.676. The van der Waals surface area contributed by atoms with Gasteiger partial charge in [0.2, 0.25) is 0 Å². The Morgan fingerprint density at radius 3 is 2.71 bits per heavy atom. The lowest BCUT2D eigenvalue weighted by Crippen LogP contribution is -2.19. The highest BCUT2D eigenvalue weighted by Crippen LogP contribution is 2.56. The second-order valence-corrected chi connectivity index (χ2v) is 5.13. The maximum Gasteiger partial charge on any atom is 0.0595 e. The van der Waals surface area contributed by atoms with Gasteiger partial charge in [-0.3, -0.25) is 0 Å². The van der Waals surface area contributed by atoms with Gasteiger partial charge in [0.25, 0.3) is 0 Å². The minimum atomic E-state index is 0.383. The molecule has 1 nitrogen and oxygen atoms in total. The normalized spacial score (nSPS) is 34.3. The first-order valence-corrected chi connectivity index (χ1v) is 5.64. The van der Waals surface area contributed by atoms with Crippen LogP contribution < -0.4 is 5.32 Å². The first kappa shape index (κ1) is 9.02. The van der Waals surface area contributed by atoms with Crippen molar-refractivity contribution in [2.45, 2.75) is 11.8 Å². The smallest absolute Gasteiger partial charge is 0.0595 e. The summed E-state index contributed by atoms with van der Waals surface area (Å²) >= 11 is 11.9. The summed E-state index contributed by atoms with van der Waals surface area (Å²) in [7, 11) is 0. The van der Waals surface area contributed by atoms with Gasteiger partial charge in [-0.15, -0.1) is 0 Å². The Morgan fingerprint density at radius 2 is 2.14 bits per heavy atom. The molecular weight excluding hydrogens is 217 g/mol. The monoisotopic (exact) mass is 227 g/mol. The van der Waals surface area contributed by atoms with Gasteiger partial charge < -0.3 is 5.32 Å². The molecule has 1 saturated carbocycles. The lowest BCUT2D eigenvalue weighted by Gasteiger charge is -2.12. The quantitative estimate of drug-likeness (QED) is 0.779. The van der Waals surface area contributed by atoms with Crippen LogP contribution >= 0.6 is 23.2 Å². The van der Waals surface area contributed by atoms with Crippen LogP contribution in [0.15, 0.2) is 18.2 Å². The molecule has 1 aromatic carbocycles. The van der Waals surface area contributed by atoms with Crippen molar-refractivity contribution in [3.05, 3.63) is 33.8 Å². The van der Waals surface area contributed by atoms with Crippen LogP contribution in [-0.4, -0.2) is 13.1 Å². The molecule has 1 aliphatic carbocycles. The second kappa shape index (κ2) is 2.88.